The van der Waals surface area contributed by atoms with Crippen LogP contribution in [-0.2, 0) is 17.9 Å². The van der Waals surface area contributed by atoms with Crippen LogP contribution in [0, 0.1) is 18.6 Å². The van der Waals surface area contributed by atoms with E-state index in [0.717, 1.165) is 23.3 Å². The Morgan fingerprint density at radius 2 is 1.81 bits per heavy atom. The van der Waals surface area contributed by atoms with Gasteiger partial charge in [0.25, 0.3) is 5.56 Å². The Morgan fingerprint density at radius 3 is 2.58 bits per heavy atom. The zero-order valence-electron chi connectivity index (χ0n) is 16.8. The van der Waals surface area contributed by atoms with E-state index >= 15 is 0 Å². The van der Waals surface area contributed by atoms with E-state index in [1.807, 2.05) is 31.2 Å². The minimum absolute atomic E-state index is 0.0384. The second-order valence-electron chi connectivity index (χ2n) is 7.33. The summed E-state index contributed by atoms with van der Waals surface area (Å²) in [5, 5.41) is 2.64. The summed E-state index contributed by atoms with van der Waals surface area (Å²) in [6.45, 7) is 2.59. The van der Waals surface area contributed by atoms with E-state index in [9.17, 15) is 18.4 Å². The van der Waals surface area contributed by atoms with Gasteiger partial charge in [0.15, 0.2) is 11.6 Å². The van der Waals surface area contributed by atoms with Crippen LogP contribution in [0.4, 0.5) is 14.5 Å². The quantitative estimate of drug-likeness (QED) is 0.513. The van der Waals surface area contributed by atoms with Crippen LogP contribution in [-0.4, -0.2) is 20.0 Å². The lowest BCUT2D eigenvalue weighted by Crippen LogP contribution is -2.26. The number of carbonyl (C=O) groups excluding carboxylic acids is 1. The molecule has 4 aromatic rings. The molecule has 2 aromatic carbocycles. The van der Waals surface area contributed by atoms with Crippen LogP contribution < -0.4 is 10.9 Å². The highest BCUT2D eigenvalue weighted by molar-refractivity contribution is 5.90. The van der Waals surface area contributed by atoms with E-state index in [1.165, 1.54) is 10.9 Å². The van der Waals surface area contributed by atoms with E-state index in [2.05, 4.69) is 10.3 Å². The van der Waals surface area contributed by atoms with E-state index in [4.69, 9.17) is 0 Å². The number of aryl methyl sites for hydroxylation is 2. The van der Waals surface area contributed by atoms with Crippen molar-refractivity contribution in [2.75, 3.05) is 5.32 Å². The fraction of sp³-hybridized carbons (Fsp3) is 0.174. The first kappa shape index (κ1) is 20.5. The molecule has 158 valence electrons. The van der Waals surface area contributed by atoms with Crippen molar-refractivity contribution >= 4 is 22.6 Å². The Labute approximate surface area is 176 Å². The number of benzene rings is 2. The number of aromatic nitrogens is 3. The lowest BCUT2D eigenvalue weighted by molar-refractivity contribution is -0.116. The third-order valence-corrected chi connectivity index (χ3v) is 5.01. The third kappa shape index (κ3) is 4.53. The number of anilines is 1. The van der Waals surface area contributed by atoms with Gasteiger partial charge in [0.1, 0.15) is 5.69 Å². The summed E-state index contributed by atoms with van der Waals surface area (Å²) in [5.41, 5.74) is 2.70. The number of nitrogens with zero attached hydrogens (tertiary/aromatic N) is 3. The van der Waals surface area contributed by atoms with Crippen LogP contribution in [0.5, 0.6) is 0 Å². The third-order valence-electron chi connectivity index (χ3n) is 5.01. The number of nitrogens with one attached hydrogen (secondary N) is 1. The monoisotopic (exact) mass is 422 g/mol. The summed E-state index contributed by atoms with van der Waals surface area (Å²) in [7, 11) is 0. The Hall–Kier alpha value is -3.81. The fourth-order valence-electron chi connectivity index (χ4n) is 3.31. The molecule has 0 aliphatic heterocycles. The topological polar surface area (TPSA) is 68.9 Å². The molecule has 8 heteroatoms. The highest BCUT2D eigenvalue weighted by atomic mass is 19.2. The van der Waals surface area contributed by atoms with Gasteiger partial charge in [-0.3, -0.25) is 9.59 Å². The number of imidazole rings is 1. The molecule has 0 spiro atoms. The molecule has 0 radical (unpaired) electrons. The summed E-state index contributed by atoms with van der Waals surface area (Å²) in [5.74, 6) is -2.31. The molecular formula is C23H20F2N4O2. The summed E-state index contributed by atoms with van der Waals surface area (Å²) in [4.78, 5) is 29.1. The molecule has 0 aliphatic rings. The minimum Gasteiger partial charge on any atom is -0.330 e. The first-order valence-electron chi connectivity index (χ1n) is 9.75. The van der Waals surface area contributed by atoms with Gasteiger partial charge in [-0.1, -0.05) is 29.8 Å². The lowest BCUT2D eigenvalue weighted by Gasteiger charge is -2.10. The first-order valence-corrected chi connectivity index (χ1v) is 9.75. The largest absolute Gasteiger partial charge is 0.330 e. The van der Waals surface area contributed by atoms with Gasteiger partial charge in [-0.25, -0.2) is 13.8 Å². The van der Waals surface area contributed by atoms with Gasteiger partial charge in [-0.05, 0) is 24.6 Å². The van der Waals surface area contributed by atoms with E-state index in [1.54, 1.807) is 22.9 Å². The summed E-state index contributed by atoms with van der Waals surface area (Å²) in [6, 6.07) is 13.2. The van der Waals surface area contributed by atoms with Crippen molar-refractivity contribution < 1.29 is 13.6 Å². The number of amides is 1. The number of hydrogen-bond donors (Lipinski definition) is 1. The average Bonchev–Trinajstić information content (AvgIpc) is 3.13. The number of rotatable bonds is 6. The van der Waals surface area contributed by atoms with Crippen LogP contribution >= 0.6 is 0 Å². The van der Waals surface area contributed by atoms with Crippen LogP contribution in [0.1, 0.15) is 17.5 Å². The molecule has 0 saturated carbocycles. The van der Waals surface area contributed by atoms with Crippen molar-refractivity contribution in [3.05, 3.63) is 94.2 Å². The number of halogens is 2. The van der Waals surface area contributed by atoms with Gasteiger partial charge >= 0.3 is 0 Å². The van der Waals surface area contributed by atoms with Crippen LogP contribution in [0.25, 0.3) is 11.0 Å². The molecule has 0 bridgehead atoms. The maximum atomic E-state index is 13.5. The molecule has 2 aromatic heterocycles. The Bertz CT molecular complexity index is 1310. The van der Waals surface area contributed by atoms with Crippen LogP contribution in [0.15, 0.2) is 65.8 Å². The second-order valence-corrected chi connectivity index (χ2v) is 7.33. The maximum Gasteiger partial charge on any atom is 0.274 e. The van der Waals surface area contributed by atoms with E-state index in [-0.39, 0.29) is 30.1 Å². The first-order chi connectivity index (χ1) is 14.9. The molecule has 0 saturated heterocycles. The van der Waals surface area contributed by atoms with Crippen LogP contribution in [0.2, 0.25) is 0 Å². The number of carbonyl (C=O) groups is 1. The van der Waals surface area contributed by atoms with Gasteiger partial charge in [0, 0.05) is 31.3 Å². The molecule has 0 fully saturated rings. The van der Waals surface area contributed by atoms with Crippen molar-refractivity contribution in [3.8, 4) is 0 Å². The van der Waals surface area contributed by atoms with Crippen molar-refractivity contribution in [1.82, 2.24) is 14.1 Å². The van der Waals surface area contributed by atoms with Crippen molar-refractivity contribution in [2.24, 2.45) is 0 Å². The molecule has 0 atom stereocenters. The number of fused-ring (bicyclic) bond motifs is 1. The van der Waals surface area contributed by atoms with Gasteiger partial charge in [0.05, 0.1) is 23.9 Å². The molecule has 31 heavy (non-hydrogen) atoms. The second kappa shape index (κ2) is 8.51. The highest BCUT2D eigenvalue weighted by Crippen LogP contribution is 2.18. The lowest BCUT2D eigenvalue weighted by atomic mass is 10.1. The van der Waals surface area contributed by atoms with Crippen molar-refractivity contribution in [1.29, 1.82) is 0 Å². The SMILES string of the molecule is Cc1ccc(Cn2cccc(NC(=O)CCn3cnc4cc(F)c(F)cc43)c2=O)cc1. The number of hydrogen-bond acceptors (Lipinski definition) is 3. The van der Waals surface area contributed by atoms with Crippen LogP contribution in [0.3, 0.4) is 0 Å². The molecule has 1 N–H and O–H groups in total. The van der Waals surface area contributed by atoms with Crippen molar-refractivity contribution in [3.63, 3.8) is 0 Å². The number of pyridine rings is 1. The normalized spacial score (nSPS) is 11.1. The predicted octanol–water partition coefficient (Wildman–Crippen LogP) is 3.86. The molecule has 1 amide bonds. The van der Waals surface area contributed by atoms with Gasteiger partial charge < -0.3 is 14.5 Å². The molecule has 6 nitrogen and oxygen atoms in total. The Kier molecular flexibility index (Phi) is 5.62. The zero-order chi connectivity index (χ0) is 22.0. The summed E-state index contributed by atoms with van der Waals surface area (Å²) >= 11 is 0. The predicted molar refractivity (Wildman–Crippen MR) is 114 cm³/mol. The van der Waals surface area contributed by atoms with Gasteiger partial charge in [0.2, 0.25) is 5.91 Å². The van der Waals surface area contributed by atoms with E-state index < -0.39 is 11.6 Å². The molecule has 4 rings (SSSR count). The Balaban J connectivity index is 1.44. The Morgan fingerprint density at radius 1 is 1.06 bits per heavy atom. The fourth-order valence-corrected chi connectivity index (χ4v) is 3.31. The van der Waals surface area contributed by atoms with Gasteiger partial charge in [-0.15, -0.1) is 0 Å². The molecule has 0 aliphatic carbocycles. The van der Waals surface area contributed by atoms with Gasteiger partial charge in [-0.2, -0.15) is 0 Å². The molecular weight excluding hydrogens is 402 g/mol. The summed E-state index contributed by atoms with van der Waals surface area (Å²) in [6.07, 6.45) is 3.13. The highest BCUT2D eigenvalue weighted by Gasteiger charge is 2.12. The maximum absolute atomic E-state index is 13.5. The van der Waals surface area contributed by atoms with Crippen molar-refractivity contribution in [2.45, 2.75) is 26.4 Å². The average molecular weight is 422 g/mol. The summed E-state index contributed by atoms with van der Waals surface area (Å²) < 4.78 is 29.9. The zero-order valence-corrected chi connectivity index (χ0v) is 16.8. The minimum atomic E-state index is -0.975. The standard InChI is InChI=1S/C23H20F2N4O2/c1-15-4-6-16(7-5-15)13-28-9-2-3-19(23(28)31)27-22(30)8-10-29-14-26-20-11-17(24)18(25)12-21(20)29/h2-7,9,11-12,14H,8,10,13H2,1H3,(H,27,30). The molecule has 2 heterocycles. The smallest absolute Gasteiger partial charge is 0.274 e. The van der Waals surface area contributed by atoms with E-state index in [0.29, 0.717) is 17.6 Å². The molecule has 0 unspecified atom stereocenters.